The third kappa shape index (κ3) is 4.25. The smallest absolute Gasteiger partial charge is 0.239 e. The Morgan fingerprint density at radius 3 is 2.33 bits per heavy atom. The van der Waals surface area contributed by atoms with Crippen molar-refractivity contribution in [3.05, 3.63) is 71.9 Å². The topological polar surface area (TPSA) is 69.6 Å². The minimum Gasteiger partial charge on any atom is -0.338 e. The quantitative estimate of drug-likeness (QED) is 0.368. The van der Waals surface area contributed by atoms with Gasteiger partial charge in [0.1, 0.15) is 11.6 Å². The summed E-state index contributed by atoms with van der Waals surface area (Å²) in [6, 6.07) is 12.0. The molecular formula is C21H19F2N5OS. The van der Waals surface area contributed by atoms with E-state index in [0.717, 1.165) is 12.8 Å². The molecule has 0 bridgehead atoms. The molecule has 0 amide bonds. The Kier molecular flexibility index (Phi) is 5.89. The molecule has 0 N–H and O–H groups in total. The number of benzene rings is 2. The molecule has 30 heavy (non-hydrogen) atoms. The first-order chi connectivity index (χ1) is 14.5. The van der Waals surface area contributed by atoms with Crippen LogP contribution in [0.1, 0.15) is 37.2 Å². The Morgan fingerprint density at radius 2 is 1.67 bits per heavy atom. The highest BCUT2D eigenvalue weighted by Gasteiger charge is 2.22. The minimum atomic E-state index is -0.341. The van der Waals surface area contributed by atoms with E-state index in [1.807, 2.05) is 6.92 Å². The van der Waals surface area contributed by atoms with Crippen LogP contribution in [0.5, 0.6) is 0 Å². The van der Waals surface area contributed by atoms with E-state index in [1.54, 1.807) is 28.8 Å². The molecule has 4 rings (SSSR count). The fraction of sp³-hybridized carbons (Fsp3) is 0.238. The zero-order chi connectivity index (χ0) is 21.1. The molecule has 2 aromatic heterocycles. The largest absolute Gasteiger partial charge is 0.338 e. The Bertz CT molecular complexity index is 1130. The minimum absolute atomic E-state index is 0.174. The molecule has 0 aliphatic heterocycles. The van der Waals surface area contributed by atoms with E-state index < -0.39 is 0 Å². The van der Waals surface area contributed by atoms with E-state index in [1.165, 1.54) is 36.0 Å². The summed E-state index contributed by atoms with van der Waals surface area (Å²) in [5.41, 5.74) is 1.38. The average Bonchev–Trinajstić information content (AvgIpc) is 3.37. The first-order valence-corrected chi connectivity index (χ1v) is 10.4. The standard InChI is InChI=1S/C21H19F2N5OS/c1-3-4-18-24-20(29-27-18)13(2)30-21-26-25-19(14-5-7-15(22)8-6-14)28(21)17-11-9-16(23)10-12-17/h5-13H,3-4H2,1-2H3/t13-/m1/s1. The van der Waals surface area contributed by atoms with Crippen LogP contribution in [0.15, 0.2) is 58.2 Å². The van der Waals surface area contributed by atoms with Crippen molar-refractivity contribution in [1.82, 2.24) is 24.9 Å². The van der Waals surface area contributed by atoms with Crippen molar-refractivity contribution >= 4 is 11.8 Å². The summed E-state index contributed by atoms with van der Waals surface area (Å²) in [4.78, 5) is 4.44. The van der Waals surface area contributed by atoms with Gasteiger partial charge in [-0.2, -0.15) is 4.98 Å². The second kappa shape index (κ2) is 8.74. The predicted molar refractivity (Wildman–Crippen MR) is 109 cm³/mol. The van der Waals surface area contributed by atoms with Gasteiger partial charge in [-0.15, -0.1) is 10.2 Å². The maximum atomic E-state index is 13.5. The van der Waals surface area contributed by atoms with Crippen LogP contribution in [-0.2, 0) is 6.42 Å². The molecule has 1 atom stereocenters. The van der Waals surface area contributed by atoms with E-state index in [0.29, 0.717) is 33.9 Å². The lowest BCUT2D eigenvalue weighted by Crippen LogP contribution is -2.01. The molecule has 0 fully saturated rings. The number of rotatable bonds is 7. The van der Waals surface area contributed by atoms with Gasteiger partial charge in [0, 0.05) is 17.7 Å². The van der Waals surface area contributed by atoms with Crippen molar-refractivity contribution < 1.29 is 13.3 Å². The molecule has 6 nitrogen and oxygen atoms in total. The van der Waals surface area contributed by atoms with E-state index in [-0.39, 0.29) is 16.9 Å². The lowest BCUT2D eigenvalue weighted by Gasteiger charge is -2.12. The first-order valence-electron chi connectivity index (χ1n) is 9.51. The van der Waals surface area contributed by atoms with Crippen molar-refractivity contribution in [3.63, 3.8) is 0 Å². The fourth-order valence-corrected chi connectivity index (χ4v) is 3.82. The molecule has 4 aromatic rings. The number of aromatic nitrogens is 5. The fourth-order valence-electron chi connectivity index (χ4n) is 2.92. The molecule has 2 aromatic carbocycles. The van der Waals surface area contributed by atoms with Gasteiger partial charge in [-0.05, 0) is 61.9 Å². The molecule has 0 radical (unpaired) electrons. The highest BCUT2D eigenvalue weighted by Crippen LogP contribution is 2.36. The Morgan fingerprint density at radius 1 is 1.00 bits per heavy atom. The van der Waals surface area contributed by atoms with Gasteiger partial charge in [0.05, 0.1) is 5.25 Å². The number of nitrogens with zero attached hydrogens (tertiary/aromatic N) is 5. The monoisotopic (exact) mass is 427 g/mol. The van der Waals surface area contributed by atoms with Crippen molar-refractivity contribution in [1.29, 1.82) is 0 Å². The van der Waals surface area contributed by atoms with E-state index in [2.05, 4.69) is 27.3 Å². The Hall–Kier alpha value is -3.07. The highest BCUT2D eigenvalue weighted by molar-refractivity contribution is 7.99. The van der Waals surface area contributed by atoms with Crippen molar-refractivity contribution in [2.45, 2.75) is 37.1 Å². The van der Waals surface area contributed by atoms with Gasteiger partial charge in [0.15, 0.2) is 16.8 Å². The Labute approximate surface area is 176 Å². The molecular weight excluding hydrogens is 408 g/mol. The van der Waals surface area contributed by atoms with Gasteiger partial charge in [-0.3, -0.25) is 4.57 Å². The van der Waals surface area contributed by atoms with Gasteiger partial charge in [0.2, 0.25) is 5.89 Å². The number of hydrogen-bond donors (Lipinski definition) is 0. The number of halogens is 2. The SMILES string of the molecule is CCCc1noc([C@@H](C)Sc2nnc(-c3ccc(F)cc3)n2-c2ccc(F)cc2)n1. The second-order valence-electron chi connectivity index (χ2n) is 6.68. The van der Waals surface area contributed by atoms with Crippen LogP contribution in [0.3, 0.4) is 0 Å². The third-order valence-electron chi connectivity index (χ3n) is 4.41. The molecule has 0 spiro atoms. The van der Waals surface area contributed by atoms with Gasteiger partial charge in [-0.1, -0.05) is 23.8 Å². The van der Waals surface area contributed by atoms with Gasteiger partial charge in [0.25, 0.3) is 0 Å². The Balaban J connectivity index is 1.71. The summed E-state index contributed by atoms with van der Waals surface area (Å²) < 4.78 is 34.0. The summed E-state index contributed by atoms with van der Waals surface area (Å²) in [5, 5.41) is 13.0. The molecule has 0 unspecified atom stereocenters. The summed E-state index contributed by atoms with van der Waals surface area (Å²) in [5.74, 6) is 1.02. The zero-order valence-corrected chi connectivity index (χ0v) is 17.2. The molecule has 2 heterocycles. The average molecular weight is 427 g/mol. The summed E-state index contributed by atoms with van der Waals surface area (Å²) in [6.07, 6.45) is 1.68. The zero-order valence-electron chi connectivity index (χ0n) is 16.4. The summed E-state index contributed by atoms with van der Waals surface area (Å²) in [6.45, 7) is 3.99. The second-order valence-corrected chi connectivity index (χ2v) is 7.99. The molecule has 0 aliphatic rings. The number of aryl methyl sites for hydroxylation is 1. The lowest BCUT2D eigenvalue weighted by atomic mass is 10.2. The first kappa shape index (κ1) is 20.2. The normalized spacial score (nSPS) is 12.3. The van der Waals surface area contributed by atoms with E-state index in [9.17, 15) is 8.78 Å². The third-order valence-corrected chi connectivity index (χ3v) is 5.44. The molecule has 0 saturated heterocycles. The van der Waals surface area contributed by atoms with Gasteiger partial charge >= 0.3 is 0 Å². The lowest BCUT2D eigenvalue weighted by molar-refractivity contribution is 0.374. The number of thioether (sulfide) groups is 1. The van der Waals surface area contributed by atoms with Crippen molar-refractivity contribution in [2.75, 3.05) is 0 Å². The van der Waals surface area contributed by atoms with Crippen LogP contribution in [0.2, 0.25) is 0 Å². The maximum Gasteiger partial charge on any atom is 0.239 e. The van der Waals surface area contributed by atoms with E-state index >= 15 is 0 Å². The van der Waals surface area contributed by atoms with E-state index in [4.69, 9.17) is 4.52 Å². The van der Waals surface area contributed by atoms with Crippen molar-refractivity contribution in [2.24, 2.45) is 0 Å². The highest BCUT2D eigenvalue weighted by atomic mass is 32.2. The summed E-state index contributed by atoms with van der Waals surface area (Å²) >= 11 is 1.40. The van der Waals surface area contributed by atoms with Crippen LogP contribution in [0, 0.1) is 11.6 Å². The molecule has 0 aliphatic carbocycles. The molecule has 0 saturated carbocycles. The van der Waals surface area contributed by atoms with Gasteiger partial charge < -0.3 is 4.52 Å². The molecule has 9 heteroatoms. The maximum absolute atomic E-state index is 13.5. The molecule has 154 valence electrons. The van der Waals surface area contributed by atoms with Crippen LogP contribution in [0.4, 0.5) is 8.78 Å². The van der Waals surface area contributed by atoms with Crippen molar-refractivity contribution in [3.8, 4) is 17.1 Å². The van der Waals surface area contributed by atoms with Crippen LogP contribution < -0.4 is 0 Å². The van der Waals surface area contributed by atoms with Crippen LogP contribution in [-0.4, -0.2) is 24.9 Å². The van der Waals surface area contributed by atoms with Gasteiger partial charge in [-0.25, -0.2) is 8.78 Å². The van der Waals surface area contributed by atoms with Crippen LogP contribution in [0.25, 0.3) is 17.1 Å². The number of hydrogen-bond acceptors (Lipinski definition) is 6. The van der Waals surface area contributed by atoms with Crippen LogP contribution >= 0.6 is 11.8 Å². The predicted octanol–water partition coefficient (Wildman–Crippen LogP) is 5.40. The summed E-state index contributed by atoms with van der Waals surface area (Å²) in [7, 11) is 0.